The van der Waals surface area contributed by atoms with Gasteiger partial charge < -0.3 is 9.47 Å². The Morgan fingerprint density at radius 3 is 2.48 bits per heavy atom. The molecule has 0 fully saturated rings. The molecular formula is C22H18ClN3O5S2. The van der Waals surface area contributed by atoms with Crippen LogP contribution in [0.15, 0.2) is 65.6 Å². The number of nitrogens with one attached hydrogen (secondary N) is 2. The van der Waals surface area contributed by atoms with Crippen molar-refractivity contribution in [1.82, 2.24) is 4.98 Å². The third-order valence-corrected chi connectivity index (χ3v) is 7.47. The lowest BCUT2D eigenvalue weighted by molar-refractivity contribution is 0.102. The number of thiazole rings is 1. The second kappa shape index (κ2) is 9.26. The van der Waals surface area contributed by atoms with Crippen molar-refractivity contribution in [2.45, 2.75) is 4.90 Å². The zero-order valence-corrected chi connectivity index (χ0v) is 19.8. The molecule has 0 radical (unpaired) electrons. The fourth-order valence-electron chi connectivity index (χ4n) is 3.03. The van der Waals surface area contributed by atoms with Crippen molar-refractivity contribution in [3.63, 3.8) is 0 Å². The van der Waals surface area contributed by atoms with Crippen LogP contribution < -0.4 is 19.5 Å². The molecule has 4 rings (SSSR count). The van der Waals surface area contributed by atoms with Gasteiger partial charge in [-0.25, -0.2) is 13.4 Å². The first-order valence-electron chi connectivity index (χ1n) is 9.52. The summed E-state index contributed by atoms with van der Waals surface area (Å²) in [6.07, 6.45) is 0. The molecule has 8 nitrogen and oxygen atoms in total. The molecule has 0 aliphatic carbocycles. The molecule has 0 saturated heterocycles. The van der Waals surface area contributed by atoms with Crippen LogP contribution in [0.1, 0.15) is 10.4 Å². The predicted molar refractivity (Wildman–Crippen MR) is 129 cm³/mol. The number of hydrogen-bond donors (Lipinski definition) is 2. The van der Waals surface area contributed by atoms with Gasteiger partial charge in [-0.3, -0.25) is 14.8 Å². The lowest BCUT2D eigenvalue weighted by Gasteiger charge is -2.10. The minimum Gasteiger partial charge on any atom is -0.497 e. The molecule has 11 heteroatoms. The molecule has 0 spiro atoms. The number of ether oxygens (including phenoxy) is 2. The van der Waals surface area contributed by atoms with Gasteiger partial charge in [0.2, 0.25) is 0 Å². The Bertz CT molecular complexity index is 1440. The van der Waals surface area contributed by atoms with E-state index < -0.39 is 15.9 Å². The number of aromatic nitrogens is 1. The largest absolute Gasteiger partial charge is 0.497 e. The first-order valence-corrected chi connectivity index (χ1v) is 12.2. The molecule has 0 atom stereocenters. The lowest BCUT2D eigenvalue weighted by atomic mass is 10.2. The van der Waals surface area contributed by atoms with Gasteiger partial charge in [0.05, 0.1) is 28.8 Å². The second-order valence-electron chi connectivity index (χ2n) is 6.76. The van der Waals surface area contributed by atoms with Gasteiger partial charge in [-0.05, 0) is 54.6 Å². The van der Waals surface area contributed by atoms with E-state index >= 15 is 0 Å². The van der Waals surface area contributed by atoms with Gasteiger partial charge in [-0.1, -0.05) is 29.0 Å². The molecule has 1 heterocycles. The number of sulfonamides is 1. The minimum atomic E-state index is -3.85. The topological polar surface area (TPSA) is 107 Å². The van der Waals surface area contributed by atoms with E-state index in [1.807, 2.05) is 0 Å². The van der Waals surface area contributed by atoms with E-state index in [1.165, 1.54) is 43.8 Å². The molecule has 170 valence electrons. The van der Waals surface area contributed by atoms with Gasteiger partial charge in [-0.15, -0.1) is 0 Å². The lowest BCUT2D eigenvalue weighted by Crippen LogP contribution is -2.15. The minimum absolute atomic E-state index is 0.0680. The summed E-state index contributed by atoms with van der Waals surface area (Å²) in [6, 6.07) is 15.5. The summed E-state index contributed by atoms with van der Waals surface area (Å²) >= 11 is 7.45. The van der Waals surface area contributed by atoms with E-state index in [0.29, 0.717) is 31.9 Å². The van der Waals surface area contributed by atoms with E-state index in [1.54, 1.807) is 42.5 Å². The average Bonchev–Trinajstić information content (AvgIpc) is 3.24. The third kappa shape index (κ3) is 4.87. The van der Waals surface area contributed by atoms with Crippen LogP contribution in [-0.2, 0) is 10.0 Å². The molecule has 0 unspecified atom stereocenters. The van der Waals surface area contributed by atoms with Gasteiger partial charge in [0.15, 0.2) is 5.13 Å². The quantitative estimate of drug-likeness (QED) is 0.367. The molecule has 3 aromatic carbocycles. The van der Waals surface area contributed by atoms with Crippen LogP contribution in [0.3, 0.4) is 0 Å². The molecule has 0 bridgehead atoms. The number of anilines is 2. The smallest absolute Gasteiger partial charge is 0.261 e. The number of halogens is 1. The Kier molecular flexibility index (Phi) is 6.41. The molecule has 0 saturated carbocycles. The third-order valence-electron chi connectivity index (χ3n) is 4.65. The summed E-state index contributed by atoms with van der Waals surface area (Å²) in [5.74, 6) is 0.636. The summed E-state index contributed by atoms with van der Waals surface area (Å²) in [6.45, 7) is 0. The highest BCUT2D eigenvalue weighted by molar-refractivity contribution is 7.92. The van der Waals surface area contributed by atoms with Crippen molar-refractivity contribution in [2.24, 2.45) is 0 Å². The molecule has 1 amide bonds. The van der Waals surface area contributed by atoms with Crippen molar-refractivity contribution in [1.29, 1.82) is 0 Å². The fourth-order valence-corrected chi connectivity index (χ4v) is 5.23. The summed E-state index contributed by atoms with van der Waals surface area (Å²) in [7, 11) is -0.821. The van der Waals surface area contributed by atoms with Crippen LogP contribution in [0.25, 0.3) is 10.2 Å². The van der Waals surface area contributed by atoms with Crippen LogP contribution in [0.5, 0.6) is 11.5 Å². The Balaban J connectivity index is 1.54. The first-order chi connectivity index (χ1) is 15.8. The van der Waals surface area contributed by atoms with Crippen LogP contribution in [0.2, 0.25) is 5.02 Å². The number of fused-ring (bicyclic) bond motifs is 1. The van der Waals surface area contributed by atoms with E-state index in [9.17, 15) is 13.2 Å². The van der Waals surface area contributed by atoms with Crippen molar-refractivity contribution in [3.8, 4) is 11.5 Å². The standard InChI is InChI=1S/C22H18ClN3O5S2/c1-30-15-6-8-16(9-7-15)33(28,29)26-14-5-3-4-13(12-14)21(27)25-22-24-19-18(31-2)11-10-17(23)20(19)32-22/h3-12,26H,1-2H3,(H,24,25,27). The van der Waals surface area contributed by atoms with Gasteiger partial charge in [0, 0.05) is 11.3 Å². The number of carbonyl (C=O) groups is 1. The summed E-state index contributed by atoms with van der Waals surface area (Å²) in [5, 5.41) is 3.56. The van der Waals surface area contributed by atoms with Crippen LogP contribution in [0, 0.1) is 0 Å². The fraction of sp³-hybridized carbons (Fsp3) is 0.0909. The van der Waals surface area contributed by atoms with Crippen molar-refractivity contribution < 1.29 is 22.7 Å². The number of benzene rings is 3. The molecular weight excluding hydrogens is 486 g/mol. The number of amides is 1. The Hall–Kier alpha value is -3.34. The molecule has 0 aliphatic rings. The van der Waals surface area contributed by atoms with Crippen molar-refractivity contribution in [2.75, 3.05) is 24.3 Å². The maximum atomic E-state index is 12.8. The van der Waals surface area contributed by atoms with E-state index in [-0.39, 0.29) is 16.1 Å². The van der Waals surface area contributed by atoms with Gasteiger partial charge in [0.25, 0.3) is 15.9 Å². The zero-order valence-electron chi connectivity index (χ0n) is 17.5. The average molecular weight is 504 g/mol. The second-order valence-corrected chi connectivity index (χ2v) is 9.85. The first kappa shape index (κ1) is 22.8. The molecule has 4 aromatic rings. The Morgan fingerprint density at radius 2 is 1.79 bits per heavy atom. The molecule has 2 N–H and O–H groups in total. The van der Waals surface area contributed by atoms with E-state index in [4.69, 9.17) is 21.1 Å². The highest BCUT2D eigenvalue weighted by atomic mass is 35.5. The Labute approximate surface area is 199 Å². The number of nitrogens with zero attached hydrogens (tertiary/aromatic N) is 1. The highest BCUT2D eigenvalue weighted by Crippen LogP contribution is 2.37. The Morgan fingerprint density at radius 1 is 1.03 bits per heavy atom. The van der Waals surface area contributed by atoms with Crippen LogP contribution in [-0.4, -0.2) is 33.5 Å². The van der Waals surface area contributed by atoms with E-state index in [2.05, 4.69) is 15.0 Å². The van der Waals surface area contributed by atoms with Crippen molar-refractivity contribution in [3.05, 3.63) is 71.2 Å². The van der Waals surface area contributed by atoms with Crippen LogP contribution >= 0.6 is 22.9 Å². The molecule has 33 heavy (non-hydrogen) atoms. The maximum Gasteiger partial charge on any atom is 0.261 e. The summed E-state index contributed by atoms with van der Waals surface area (Å²) < 4.78 is 38.9. The zero-order chi connectivity index (χ0) is 23.6. The molecule has 1 aromatic heterocycles. The number of hydrogen-bond acceptors (Lipinski definition) is 7. The van der Waals surface area contributed by atoms with Gasteiger partial charge in [0.1, 0.15) is 17.0 Å². The summed E-state index contributed by atoms with van der Waals surface area (Å²) in [4.78, 5) is 17.3. The monoisotopic (exact) mass is 503 g/mol. The SMILES string of the molecule is COc1ccc(S(=O)(=O)Nc2cccc(C(=O)Nc3nc4c(OC)ccc(Cl)c4s3)c2)cc1. The number of carbonyl (C=O) groups excluding carboxylic acids is 1. The number of rotatable bonds is 7. The van der Waals surface area contributed by atoms with Gasteiger partial charge >= 0.3 is 0 Å². The normalized spacial score (nSPS) is 11.2. The van der Waals surface area contributed by atoms with Gasteiger partial charge in [-0.2, -0.15) is 0 Å². The van der Waals surface area contributed by atoms with E-state index in [0.717, 1.165) is 0 Å². The maximum absolute atomic E-state index is 12.8. The number of methoxy groups -OCH3 is 2. The van der Waals surface area contributed by atoms with Crippen molar-refractivity contribution >= 4 is 59.9 Å². The van der Waals surface area contributed by atoms with Crippen LogP contribution in [0.4, 0.5) is 10.8 Å². The molecule has 0 aliphatic heterocycles. The predicted octanol–water partition coefficient (Wildman–Crippen LogP) is 5.02. The summed E-state index contributed by atoms with van der Waals surface area (Å²) in [5.41, 5.74) is 1.04. The highest BCUT2D eigenvalue weighted by Gasteiger charge is 2.17.